The molecule has 0 saturated heterocycles. The smallest absolute Gasteiger partial charge is 0.238 e. The number of Topliss-reactive ketones (excluding diaryl/α,β-unsaturated/α-hetero) is 1. The van der Waals surface area contributed by atoms with E-state index in [2.05, 4.69) is 10.6 Å². The number of nitrogens with one attached hydrogen (secondary N) is 2. The molecule has 2 unspecified atom stereocenters. The normalized spacial score (nSPS) is 13.2. The second-order valence-electron chi connectivity index (χ2n) is 7.11. The van der Waals surface area contributed by atoms with E-state index in [0.717, 1.165) is 11.1 Å². The number of rotatable bonds is 10. The van der Waals surface area contributed by atoms with Crippen LogP contribution in [0.3, 0.4) is 0 Å². The van der Waals surface area contributed by atoms with Gasteiger partial charge >= 0.3 is 0 Å². The second-order valence-corrected chi connectivity index (χ2v) is 7.11. The number of hydrogen-bond donors (Lipinski definition) is 2. The van der Waals surface area contributed by atoms with Gasteiger partial charge in [-0.3, -0.25) is 9.59 Å². The van der Waals surface area contributed by atoms with Gasteiger partial charge < -0.3 is 10.6 Å². The van der Waals surface area contributed by atoms with Crippen LogP contribution in [0.5, 0.6) is 0 Å². The van der Waals surface area contributed by atoms with E-state index in [-0.39, 0.29) is 26.5 Å². The Kier molecular flexibility index (Phi) is 8.21. The lowest BCUT2D eigenvalue weighted by molar-refractivity contribution is -0.130. The fourth-order valence-corrected chi connectivity index (χ4v) is 3.10. The molecule has 1 amide bonds. The van der Waals surface area contributed by atoms with Crippen LogP contribution in [0.25, 0.3) is 0 Å². The molecular weight excluding hydrogens is 336 g/mol. The van der Waals surface area contributed by atoms with Crippen LogP contribution in [0, 0.1) is 5.92 Å². The first kappa shape index (κ1) is 20.8. The summed E-state index contributed by atoms with van der Waals surface area (Å²) < 4.78 is 0. The highest BCUT2D eigenvalue weighted by molar-refractivity contribution is 5.92. The Bertz CT molecular complexity index is 724. The third kappa shape index (κ3) is 6.65. The third-order valence-corrected chi connectivity index (χ3v) is 4.56. The van der Waals surface area contributed by atoms with Crippen LogP contribution in [0.1, 0.15) is 34.8 Å². The topological polar surface area (TPSA) is 58.2 Å². The predicted octanol–water partition coefficient (Wildman–Crippen LogP) is 3.65. The molecule has 148 valence electrons. The molecule has 27 heavy (non-hydrogen) atoms. The van der Waals surface area contributed by atoms with Gasteiger partial charge in [-0.15, -0.1) is 0 Å². The molecule has 0 aliphatic carbocycles. The molecule has 0 aliphatic rings. The Hall–Kier alpha value is -2.46. The summed E-state index contributed by atoms with van der Waals surface area (Å²) in [7, 11) is 0. The van der Waals surface area contributed by atoms with E-state index < -0.39 is 6.04 Å². The van der Waals surface area contributed by atoms with Crippen molar-refractivity contribution in [3.8, 4) is 0 Å². The van der Waals surface area contributed by atoms with Gasteiger partial charge in [-0.1, -0.05) is 81.4 Å². The summed E-state index contributed by atoms with van der Waals surface area (Å²) in [5, 5.41) is 6.25. The van der Waals surface area contributed by atoms with E-state index in [1.165, 1.54) is 0 Å². The Morgan fingerprint density at radius 1 is 0.852 bits per heavy atom. The molecule has 2 aromatic rings. The molecular formula is C23H34N2O2. The Morgan fingerprint density at radius 3 is 1.78 bits per heavy atom. The molecule has 0 aliphatic heterocycles. The average molecular weight is 371 g/mol. The number of carbonyl (C=O) groups is 2. The molecule has 0 fully saturated rings. The van der Waals surface area contributed by atoms with Crippen LogP contribution < -0.4 is 10.6 Å². The number of carbonyl (C=O) groups excluding carboxylic acids is 2. The molecule has 0 aromatic heterocycles. The number of ketones is 1. The first-order valence-electron chi connectivity index (χ1n) is 9.66. The lowest BCUT2D eigenvalue weighted by Crippen LogP contribution is -2.52. The predicted molar refractivity (Wildman–Crippen MR) is 114 cm³/mol. The van der Waals surface area contributed by atoms with Gasteiger partial charge in [0.05, 0.1) is 12.1 Å². The summed E-state index contributed by atoms with van der Waals surface area (Å²) in [6.07, 6.45) is 1.10. The Labute approximate surface area is 165 Å². The number of benzene rings is 2. The monoisotopic (exact) mass is 370 g/mol. The molecule has 2 atom stereocenters. The first-order valence-corrected chi connectivity index (χ1v) is 9.66. The van der Waals surface area contributed by atoms with Crippen molar-refractivity contribution in [1.29, 1.82) is 0 Å². The molecule has 0 heterocycles. The zero-order valence-corrected chi connectivity index (χ0v) is 16.4. The summed E-state index contributed by atoms with van der Waals surface area (Å²) >= 11 is 0. The van der Waals surface area contributed by atoms with Crippen LogP contribution in [0.15, 0.2) is 60.7 Å². The van der Waals surface area contributed by atoms with Gasteiger partial charge in [0, 0.05) is 8.77 Å². The molecule has 0 bridgehead atoms. The van der Waals surface area contributed by atoms with Gasteiger partial charge in [-0.25, -0.2) is 0 Å². The second kappa shape index (κ2) is 10.6. The van der Waals surface area contributed by atoms with Crippen molar-refractivity contribution in [3.63, 3.8) is 0 Å². The van der Waals surface area contributed by atoms with Crippen molar-refractivity contribution in [2.45, 2.75) is 45.7 Å². The average Bonchev–Trinajstić information content (AvgIpc) is 2.68. The highest BCUT2D eigenvalue weighted by Crippen LogP contribution is 2.10. The van der Waals surface area contributed by atoms with Gasteiger partial charge in [0.25, 0.3) is 0 Å². The summed E-state index contributed by atoms with van der Waals surface area (Å²) in [5.41, 5.74) is 2.13. The van der Waals surface area contributed by atoms with Gasteiger partial charge in [-0.05, 0) is 30.5 Å². The molecule has 2 rings (SSSR count). The van der Waals surface area contributed by atoms with Crippen molar-refractivity contribution in [1.82, 2.24) is 10.6 Å². The molecule has 4 nitrogen and oxygen atoms in total. The van der Waals surface area contributed by atoms with Crippen molar-refractivity contribution < 1.29 is 12.4 Å². The van der Waals surface area contributed by atoms with Crippen LogP contribution in [-0.2, 0) is 22.4 Å². The van der Waals surface area contributed by atoms with Gasteiger partial charge in [0.1, 0.15) is 0 Å². The summed E-state index contributed by atoms with van der Waals surface area (Å²) in [6.45, 7) is 6.41. The summed E-state index contributed by atoms with van der Waals surface area (Å²) in [5.74, 6) is -0.205. The molecule has 2 aromatic carbocycles. The maximum Gasteiger partial charge on any atom is 0.238 e. The van der Waals surface area contributed by atoms with Crippen molar-refractivity contribution in [2.75, 3.05) is 6.54 Å². The van der Waals surface area contributed by atoms with E-state index >= 15 is 0 Å². The van der Waals surface area contributed by atoms with Crippen molar-refractivity contribution in [3.05, 3.63) is 71.8 Å². The molecule has 4 heteroatoms. The van der Waals surface area contributed by atoms with Crippen molar-refractivity contribution >= 4 is 11.7 Å². The summed E-state index contributed by atoms with van der Waals surface area (Å²) in [4.78, 5) is 25.6. The lowest BCUT2D eigenvalue weighted by Gasteiger charge is -2.24. The van der Waals surface area contributed by atoms with Crippen LogP contribution in [-0.4, -0.2) is 30.3 Å². The van der Waals surface area contributed by atoms with E-state index in [1.807, 2.05) is 81.4 Å². The number of hydrogen-bond acceptors (Lipinski definition) is 3. The Balaban J connectivity index is 0.00000392. The van der Waals surface area contributed by atoms with Crippen LogP contribution >= 0.6 is 0 Å². The highest BCUT2D eigenvalue weighted by atomic mass is 16.2. The molecule has 0 saturated carbocycles. The SMILES string of the molecule is CCNC(Cc1ccccc1)C(=O)NC(Cc1ccccc1)C(=O)C(C)C.[HH].[HH]. The van der Waals surface area contributed by atoms with E-state index in [1.54, 1.807) is 0 Å². The fraction of sp³-hybridized carbons (Fsp3) is 0.391. The minimum Gasteiger partial charge on any atom is -0.345 e. The first-order chi connectivity index (χ1) is 13.0. The van der Waals surface area contributed by atoms with Crippen LogP contribution in [0.4, 0.5) is 0 Å². The maximum absolute atomic E-state index is 12.9. The van der Waals surface area contributed by atoms with E-state index in [4.69, 9.17) is 0 Å². The van der Waals surface area contributed by atoms with Gasteiger partial charge in [0.15, 0.2) is 5.78 Å². The third-order valence-electron chi connectivity index (χ3n) is 4.56. The number of amides is 1. The molecule has 0 radical (unpaired) electrons. The lowest BCUT2D eigenvalue weighted by atomic mass is 9.95. The zero-order chi connectivity index (χ0) is 19.6. The zero-order valence-electron chi connectivity index (χ0n) is 16.4. The number of likely N-dealkylation sites (N-methyl/N-ethyl adjacent to an activating group) is 1. The van der Waals surface area contributed by atoms with E-state index in [0.29, 0.717) is 19.4 Å². The summed E-state index contributed by atoms with van der Waals surface area (Å²) in [6, 6.07) is 18.9. The minimum atomic E-state index is -0.517. The Morgan fingerprint density at radius 2 is 1.33 bits per heavy atom. The quantitative estimate of drug-likeness (QED) is 0.671. The molecule has 0 spiro atoms. The maximum atomic E-state index is 12.9. The van der Waals surface area contributed by atoms with Crippen molar-refractivity contribution in [2.24, 2.45) is 5.92 Å². The minimum absolute atomic E-state index is 0. The largest absolute Gasteiger partial charge is 0.345 e. The van der Waals surface area contributed by atoms with Crippen LogP contribution in [0.2, 0.25) is 0 Å². The van der Waals surface area contributed by atoms with Gasteiger partial charge in [-0.2, -0.15) is 0 Å². The standard InChI is InChI=1S/C23H30N2O2.2H2/c1-4-24-21(16-19-13-9-6-10-14-19)23(27)25-20(22(26)17(2)3)15-18-11-7-5-8-12-18;;/h5-14,17,20-21,24H,4,15-16H2,1-3H3,(H,25,27);2*1H. The highest BCUT2D eigenvalue weighted by Gasteiger charge is 2.27. The van der Waals surface area contributed by atoms with E-state index in [9.17, 15) is 9.59 Å². The fourth-order valence-electron chi connectivity index (χ4n) is 3.10. The van der Waals surface area contributed by atoms with Gasteiger partial charge in [0.2, 0.25) is 5.91 Å². The molecule has 2 N–H and O–H groups in total.